The zero-order valence-corrected chi connectivity index (χ0v) is 12.8. The first-order valence-electron chi connectivity index (χ1n) is 6.89. The molecule has 0 aromatic carbocycles. The van der Waals surface area contributed by atoms with E-state index >= 15 is 0 Å². The number of amides is 1. The molecule has 0 radical (unpaired) electrons. The highest BCUT2D eigenvalue weighted by atomic mass is 16.6. The number of carbonyl (C=O) groups is 1. The van der Waals surface area contributed by atoms with Gasteiger partial charge in [-0.05, 0) is 50.1 Å². The van der Waals surface area contributed by atoms with E-state index in [9.17, 15) is 9.90 Å². The minimum atomic E-state index is -0.583. The van der Waals surface area contributed by atoms with Crippen LogP contribution in [-0.4, -0.2) is 26.8 Å². The molecule has 2 rings (SSSR count). The fourth-order valence-corrected chi connectivity index (χ4v) is 1.90. The van der Waals surface area contributed by atoms with Gasteiger partial charge < -0.3 is 9.84 Å². The number of hydrogen-bond donors (Lipinski definition) is 2. The number of aliphatic hydroxyl groups excluding tert-OH is 1. The molecule has 0 bridgehead atoms. The SMILES string of the molecule is CC(C)(C)OC(=O)Nc1cc(CO)c(-c2ccncc2)cn1. The van der Waals surface area contributed by atoms with Crippen LogP contribution in [0.25, 0.3) is 11.1 Å². The molecule has 1 amide bonds. The second-order valence-corrected chi connectivity index (χ2v) is 5.75. The molecule has 2 aromatic rings. The van der Waals surface area contributed by atoms with E-state index in [0.717, 1.165) is 11.1 Å². The minimum Gasteiger partial charge on any atom is -0.444 e. The molecule has 6 nitrogen and oxygen atoms in total. The van der Waals surface area contributed by atoms with E-state index in [2.05, 4.69) is 15.3 Å². The first-order valence-corrected chi connectivity index (χ1v) is 6.89. The van der Waals surface area contributed by atoms with Gasteiger partial charge in [0.2, 0.25) is 0 Å². The van der Waals surface area contributed by atoms with E-state index in [1.165, 1.54) is 0 Å². The molecule has 6 heteroatoms. The van der Waals surface area contributed by atoms with E-state index in [-0.39, 0.29) is 6.61 Å². The molecular formula is C16H19N3O3. The molecule has 0 fully saturated rings. The van der Waals surface area contributed by atoms with E-state index in [1.54, 1.807) is 45.4 Å². The van der Waals surface area contributed by atoms with Crippen molar-refractivity contribution in [3.8, 4) is 11.1 Å². The van der Waals surface area contributed by atoms with Crippen molar-refractivity contribution in [1.29, 1.82) is 0 Å². The molecule has 0 unspecified atom stereocenters. The van der Waals surface area contributed by atoms with Crippen LogP contribution >= 0.6 is 0 Å². The summed E-state index contributed by atoms with van der Waals surface area (Å²) < 4.78 is 5.17. The Hall–Kier alpha value is -2.47. The van der Waals surface area contributed by atoms with Crippen molar-refractivity contribution in [2.75, 3.05) is 5.32 Å². The summed E-state index contributed by atoms with van der Waals surface area (Å²) in [6.07, 6.45) is 4.36. The first kappa shape index (κ1) is 15.9. The highest BCUT2D eigenvalue weighted by Gasteiger charge is 2.17. The van der Waals surface area contributed by atoms with Crippen molar-refractivity contribution in [1.82, 2.24) is 9.97 Å². The summed E-state index contributed by atoms with van der Waals surface area (Å²) >= 11 is 0. The Kier molecular flexibility index (Phi) is 4.72. The van der Waals surface area contributed by atoms with Gasteiger partial charge in [-0.1, -0.05) is 0 Å². The lowest BCUT2D eigenvalue weighted by Crippen LogP contribution is -2.27. The Morgan fingerprint density at radius 1 is 1.32 bits per heavy atom. The van der Waals surface area contributed by atoms with Crippen LogP contribution in [0.4, 0.5) is 10.6 Å². The maximum atomic E-state index is 11.7. The van der Waals surface area contributed by atoms with E-state index in [1.807, 2.05) is 12.1 Å². The van der Waals surface area contributed by atoms with Crippen molar-refractivity contribution < 1.29 is 14.6 Å². The van der Waals surface area contributed by atoms with Crippen LogP contribution < -0.4 is 5.32 Å². The summed E-state index contributed by atoms with van der Waals surface area (Å²) in [6.45, 7) is 5.19. The van der Waals surface area contributed by atoms with Gasteiger partial charge in [-0.15, -0.1) is 0 Å². The van der Waals surface area contributed by atoms with Gasteiger partial charge in [0.25, 0.3) is 0 Å². The average Bonchev–Trinajstić information content (AvgIpc) is 2.46. The highest BCUT2D eigenvalue weighted by Crippen LogP contribution is 2.24. The summed E-state index contributed by atoms with van der Waals surface area (Å²) in [6, 6.07) is 5.29. The molecular weight excluding hydrogens is 282 g/mol. The maximum absolute atomic E-state index is 11.7. The molecule has 0 saturated heterocycles. The van der Waals surface area contributed by atoms with Gasteiger partial charge in [0.15, 0.2) is 0 Å². The molecule has 116 valence electrons. The predicted octanol–water partition coefficient (Wildman–Crippen LogP) is 2.98. The number of hydrogen-bond acceptors (Lipinski definition) is 5. The zero-order valence-electron chi connectivity index (χ0n) is 12.8. The molecule has 22 heavy (non-hydrogen) atoms. The average molecular weight is 301 g/mol. The Morgan fingerprint density at radius 2 is 2.00 bits per heavy atom. The smallest absolute Gasteiger partial charge is 0.413 e. The summed E-state index contributed by atoms with van der Waals surface area (Å²) in [5, 5.41) is 12.1. The lowest BCUT2D eigenvalue weighted by molar-refractivity contribution is 0.0635. The summed E-state index contributed by atoms with van der Waals surface area (Å²) in [5.41, 5.74) is 1.77. The summed E-state index contributed by atoms with van der Waals surface area (Å²) in [7, 11) is 0. The molecule has 2 heterocycles. The third-order valence-electron chi connectivity index (χ3n) is 2.78. The van der Waals surface area contributed by atoms with E-state index in [4.69, 9.17) is 4.74 Å². The Labute approximate surface area is 129 Å². The maximum Gasteiger partial charge on any atom is 0.413 e. The quantitative estimate of drug-likeness (QED) is 0.910. The van der Waals surface area contributed by atoms with Crippen LogP contribution in [0.15, 0.2) is 36.8 Å². The van der Waals surface area contributed by atoms with Crippen molar-refractivity contribution in [2.24, 2.45) is 0 Å². The molecule has 0 aliphatic heterocycles. The van der Waals surface area contributed by atoms with Crippen molar-refractivity contribution in [3.05, 3.63) is 42.4 Å². The molecule has 2 N–H and O–H groups in total. The molecule has 0 atom stereocenters. The van der Waals surface area contributed by atoms with Crippen molar-refractivity contribution in [3.63, 3.8) is 0 Å². The molecule has 0 saturated carbocycles. The number of aromatic nitrogens is 2. The third-order valence-corrected chi connectivity index (χ3v) is 2.78. The van der Waals surface area contributed by atoms with Gasteiger partial charge in [-0.2, -0.15) is 0 Å². The van der Waals surface area contributed by atoms with Crippen LogP contribution in [0.5, 0.6) is 0 Å². The number of nitrogens with zero attached hydrogens (tertiary/aromatic N) is 2. The lowest BCUT2D eigenvalue weighted by atomic mass is 10.0. The molecule has 2 aromatic heterocycles. The predicted molar refractivity (Wildman–Crippen MR) is 83.2 cm³/mol. The summed E-state index contributed by atoms with van der Waals surface area (Å²) in [4.78, 5) is 19.9. The van der Waals surface area contributed by atoms with Crippen LogP contribution in [0.2, 0.25) is 0 Å². The zero-order chi connectivity index (χ0) is 16.2. The van der Waals surface area contributed by atoms with Gasteiger partial charge in [0.05, 0.1) is 6.61 Å². The monoisotopic (exact) mass is 301 g/mol. The number of rotatable bonds is 3. The third kappa shape index (κ3) is 4.26. The Balaban J connectivity index is 2.21. The standard InChI is InChI=1S/C16H19N3O3/c1-16(2,3)22-15(21)19-14-8-12(10-20)13(9-18-14)11-4-6-17-7-5-11/h4-9,20H,10H2,1-3H3,(H,18,19,21). The second kappa shape index (κ2) is 6.53. The lowest BCUT2D eigenvalue weighted by Gasteiger charge is -2.19. The van der Waals surface area contributed by atoms with Crippen LogP contribution in [0.3, 0.4) is 0 Å². The van der Waals surface area contributed by atoms with E-state index < -0.39 is 11.7 Å². The van der Waals surface area contributed by atoms with Gasteiger partial charge in [-0.25, -0.2) is 9.78 Å². The van der Waals surface area contributed by atoms with Crippen LogP contribution in [0.1, 0.15) is 26.3 Å². The highest BCUT2D eigenvalue weighted by molar-refractivity contribution is 5.84. The molecule has 0 aliphatic carbocycles. The van der Waals surface area contributed by atoms with Gasteiger partial charge in [0.1, 0.15) is 11.4 Å². The first-order chi connectivity index (χ1) is 10.4. The van der Waals surface area contributed by atoms with Crippen molar-refractivity contribution >= 4 is 11.9 Å². The van der Waals surface area contributed by atoms with Gasteiger partial charge >= 0.3 is 6.09 Å². The minimum absolute atomic E-state index is 0.164. The number of ether oxygens (including phenoxy) is 1. The number of pyridine rings is 2. The van der Waals surface area contributed by atoms with Crippen molar-refractivity contribution in [2.45, 2.75) is 33.0 Å². The Morgan fingerprint density at radius 3 is 2.59 bits per heavy atom. The fraction of sp³-hybridized carbons (Fsp3) is 0.312. The fourth-order valence-electron chi connectivity index (χ4n) is 1.90. The van der Waals surface area contributed by atoms with Gasteiger partial charge in [0, 0.05) is 24.2 Å². The largest absolute Gasteiger partial charge is 0.444 e. The molecule has 0 aliphatic rings. The van der Waals surface area contributed by atoms with Gasteiger partial charge in [-0.3, -0.25) is 10.3 Å². The topological polar surface area (TPSA) is 84.3 Å². The van der Waals surface area contributed by atoms with E-state index in [0.29, 0.717) is 11.4 Å². The number of anilines is 1. The van der Waals surface area contributed by atoms with Crippen LogP contribution in [-0.2, 0) is 11.3 Å². The molecule has 0 spiro atoms. The Bertz CT molecular complexity index is 651. The summed E-state index contributed by atoms with van der Waals surface area (Å²) in [5.74, 6) is 0.330. The number of aliphatic hydroxyl groups is 1. The normalized spacial score (nSPS) is 11.1. The number of carbonyl (C=O) groups excluding carboxylic acids is 1. The van der Waals surface area contributed by atoms with Crippen LogP contribution in [0, 0.1) is 0 Å². The number of nitrogens with one attached hydrogen (secondary N) is 1. The second-order valence-electron chi connectivity index (χ2n) is 5.75.